The second-order valence-corrected chi connectivity index (χ2v) is 7.36. The standard InChI is InChI=1S/C20H19NO3S/c1-21(2)18-13-8-15(9-14-18)7-10-17-12-11-16-5-3-4-6-19(16)20(17)25(22,23)24/h3-14H,1-2H3,(H,22,23,24). The first kappa shape index (κ1) is 17.2. The van der Waals surface area contributed by atoms with E-state index in [1.807, 2.05) is 67.5 Å². The Morgan fingerprint density at radius 1 is 0.880 bits per heavy atom. The lowest BCUT2D eigenvalue weighted by Crippen LogP contribution is -2.07. The topological polar surface area (TPSA) is 57.6 Å². The predicted octanol–water partition coefficient (Wildman–Crippen LogP) is 4.32. The third-order valence-electron chi connectivity index (χ3n) is 4.03. The molecule has 0 amide bonds. The van der Waals surface area contributed by atoms with Gasteiger partial charge in [-0.2, -0.15) is 8.42 Å². The van der Waals surface area contributed by atoms with Crippen LogP contribution in [-0.4, -0.2) is 27.1 Å². The molecule has 0 unspecified atom stereocenters. The number of benzene rings is 3. The summed E-state index contributed by atoms with van der Waals surface area (Å²) in [6.07, 6.45) is 3.54. The Hall–Kier alpha value is -2.63. The summed E-state index contributed by atoms with van der Waals surface area (Å²) in [4.78, 5) is 1.94. The van der Waals surface area contributed by atoms with E-state index in [0.29, 0.717) is 10.9 Å². The average molecular weight is 353 g/mol. The summed E-state index contributed by atoms with van der Waals surface area (Å²) in [6.45, 7) is 0. The van der Waals surface area contributed by atoms with E-state index in [1.165, 1.54) is 0 Å². The Labute approximate surface area is 147 Å². The second-order valence-electron chi connectivity index (χ2n) is 6.00. The van der Waals surface area contributed by atoms with Crippen LogP contribution in [0.3, 0.4) is 0 Å². The van der Waals surface area contributed by atoms with Crippen molar-refractivity contribution in [2.24, 2.45) is 0 Å². The van der Waals surface area contributed by atoms with Crippen LogP contribution in [0.1, 0.15) is 11.1 Å². The maximum atomic E-state index is 11.9. The fourth-order valence-corrected chi connectivity index (χ4v) is 3.65. The fraction of sp³-hybridized carbons (Fsp3) is 0.100. The minimum atomic E-state index is -4.34. The molecule has 0 radical (unpaired) electrons. The highest BCUT2D eigenvalue weighted by Crippen LogP contribution is 2.28. The van der Waals surface area contributed by atoms with E-state index in [1.54, 1.807) is 24.3 Å². The molecule has 3 aromatic rings. The van der Waals surface area contributed by atoms with Gasteiger partial charge in [-0.3, -0.25) is 4.55 Å². The summed E-state index contributed by atoms with van der Waals surface area (Å²) in [5, 5.41) is 1.28. The normalized spacial score (nSPS) is 12.0. The molecule has 0 saturated carbocycles. The van der Waals surface area contributed by atoms with Crippen molar-refractivity contribution >= 4 is 38.7 Å². The summed E-state index contributed by atoms with van der Waals surface area (Å²) in [5.41, 5.74) is 2.49. The van der Waals surface area contributed by atoms with Crippen molar-refractivity contribution in [2.45, 2.75) is 4.90 Å². The predicted molar refractivity (Wildman–Crippen MR) is 103 cm³/mol. The Kier molecular flexibility index (Phi) is 4.61. The molecule has 3 aromatic carbocycles. The average Bonchev–Trinajstić information content (AvgIpc) is 2.58. The van der Waals surface area contributed by atoms with Gasteiger partial charge in [-0.1, -0.05) is 60.7 Å². The van der Waals surface area contributed by atoms with E-state index in [0.717, 1.165) is 16.6 Å². The summed E-state index contributed by atoms with van der Waals surface area (Å²) >= 11 is 0. The largest absolute Gasteiger partial charge is 0.378 e. The van der Waals surface area contributed by atoms with Crippen molar-refractivity contribution in [1.29, 1.82) is 0 Å². The van der Waals surface area contributed by atoms with Crippen LogP contribution in [0.25, 0.3) is 22.9 Å². The van der Waals surface area contributed by atoms with E-state index >= 15 is 0 Å². The minimum absolute atomic E-state index is 0.0632. The molecule has 0 heterocycles. The maximum Gasteiger partial charge on any atom is 0.295 e. The summed E-state index contributed by atoms with van der Waals surface area (Å²) in [7, 11) is -0.399. The molecule has 0 aliphatic rings. The van der Waals surface area contributed by atoms with Gasteiger partial charge in [-0.15, -0.1) is 0 Å². The summed E-state index contributed by atoms with van der Waals surface area (Å²) in [5.74, 6) is 0. The third kappa shape index (κ3) is 3.73. The zero-order valence-corrected chi connectivity index (χ0v) is 14.9. The first-order chi connectivity index (χ1) is 11.9. The van der Waals surface area contributed by atoms with E-state index in [2.05, 4.69) is 0 Å². The highest BCUT2D eigenvalue weighted by atomic mass is 32.2. The van der Waals surface area contributed by atoms with E-state index < -0.39 is 10.1 Å². The first-order valence-corrected chi connectivity index (χ1v) is 9.25. The van der Waals surface area contributed by atoms with Crippen molar-refractivity contribution < 1.29 is 13.0 Å². The molecule has 128 valence electrons. The Bertz CT molecular complexity index is 1040. The molecule has 1 N–H and O–H groups in total. The quantitative estimate of drug-likeness (QED) is 0.560. The molecule has 0 spiro atoms. The van der Waals surface area contributed by atoms with Crippen molar-refractivity contribution in [3.8, 4) is 0 Å². The number of nitrogens with zero attached hydrogens (tertiary/aromatic N) is 1. The Balaban J connectivity index is 2.06. The van der Waals surface area contributed by atoms with Crippen molar-refractivity contribution in [3.05, 3.63) is 71.8 Å². The highest BCUT2D eigenvalue weighted by molar-refractivity contribution is 7.86. The summed E-state index contributed by atoms with van der Waals surface area (Å²) in [6, 6.07) is 18.5. The molecule has 0 fully saturated rings. The molecule has 0 atom stereocenters. The van der Waals surface area contributed by atoms with Gasteiger partial charge in [0.15, 0.2) is 0 Å². The first-order valence-electron chi connectivity index (χ1n) is 7.81. The molecule has 4 nitrogen and oxygen atoms in total. The van der Waals surface area contributed by atoms with E-state index in [4.69, 9.17) is 0 Å². The van der Waals surface area contributed by atoms with Crippen molar-refractivity contribution in [3.63, 3.8) is 0 Å². The number of hydrogen-bond donors (Lipinski definition) is 1. The molecule has 0 aliphatic heterocycles. The van der Waals surface area contributed by atoms with Crippen LogP contribution >= 0.6 is 0 Å². The lowest BCUT2D eigenvalue weighted by atomic mass is 10.1. The van der Waals surface area contributed by atoms with Gasteiger partial charge in [0.05, 0.1) is 0 Å². The molecular formula is C20H19NO3S. The fourth-order valence-electron chi connectivity index (χ4n) is 2.75. The molecule has 3 rings (SSSR count). The molecule has 0 aliphatic carbocycles. The van der Waals surface area contributed by atoms with Gasteiger partial charge in [0.1, 0.15) is 4.90 Å². The maximum absolute atomic E-state index is 11.9. The van der Waals surface area contributed by atoms with Crippen LogP contribution in [0.4, 0.5) is 5.69 Å². The molecule has 0 aromatic heterocycles. The van der Waals surface area contributed by atoms with Gasteiger partial charge in [0.2, 0.25) is 0 Å². The second kappa shape index (κ2) is 6.70. The SMILES string of the molecule is CN(C)c1ccc(C=Cc2ccc3ccccc3c2S(=O)(=O)O)cc1. The van der Waals surface area contributed by atoms with Crippen LogP contribution in [0.2, 0.25) is 0 Å². The van der Waals surface area contributed by atoms with Gasteiger partial charge >= 0.3 is 0 Å². The van der Waals surface area contributed by atoms with Crippen molar-refractivity contribution in [1.82, 2.24) is 0 Å². The Morgan fingerprint density at radius 2 is 1.56 bits per heavy atom. The van der Waals surface area contributed by atoms with E-state index in [-0.39, 0.29) is 4.90 Å². The lowest BCUT2D eigenvalue weighted by Gasteiger charge is -2.12. The zero-order chi connectivity index (χ0) is 18.0. The molecule has 5 heteroatoms. The van der Waals surface area contributed by atoms with Gasteiger partial charge in [-0.05, 0) is 28.6 Å². The van der Waals surface area contributed by atoms with Gasteiger partial charge in [0.25, 0.3) is 10.1 Å². The number of rotatable bonds is 4. The zero-order valence-electron chi connectivity index (χ0n) is 14.0. The van der Waals surface area contributed by atoms with Crippen molar-refractivity contribution in [2.75, 3.05) is 19.0 Å². The number of anilines is 1. The smallest absolute Gasteiger partial charge is 0.295 e. The lowest BCUT2D eigenvalue weighted by molar-refractivity contribution is 0.484. The number of hydrogen-bond acceptors (Lipinski definition) is 3. The van der Waals surface area contributed by atoms with Crippen LogP contribution < -0.4 is 4.90 Å². The molecule has 0 saturated heterocycles. The molecule has 25 heavy (non-hydrogen) atoms. The molecule has 0 bridgehead atoms. The van der Waals surface area contributed by atoms with Crippen LogP contribution in [-0.2, 0) is 10.1 Å². The van der Waals surface area contributed by atoms with Crippen LogP contribution in [0, 0.1) is 0 Å². The minimum Gasteiger partial charge on any atom is -0.378 e. The van der Waals surface area contributed by atoms with Gasteiger partial charge in [0, 0.05) is 25.2 Å². The monoisotopic (exact) mass is 353 g/mol. The van der Waals surface area contributed by atoms with Crippen LogP contribution in [0.15, 0.2) is 65.6 Å². The molecular weight excluding hydrogens is 334 g/mol. The Morgan fingerprint density at radius 3 is 2.20 bits per heavy atom. The number of fused-ring (bicyclic) bond motifs is 1. The van der Waals surface area contributed by atoms with E-state index in [9.17, 15) is 13.0 Å². The highest BCUT2D eigenvalue weighted by Gasteiger charge is 2.17. The van der Waals surface area contributed by atoms with Gasteiger partial charge < -0.3 is 4.90 Å². The third-order valence-corrected chi connectivity index (χ3v) is 5.00. The summed E-state index contributed by atoms with van der Waals surface area (Å²) < 4.78 is 33.5. The van der Waals surface area contributed by atoms with Gasteiger partial charge in [-0.25, -0.2) is 0 Å². The van der Waals surface area contributed by atoms with Crippen LogP contribution in [0.5, 0.6) is 0 Å².